The first-order chi connectivity index (χ1) is 26.4. The van der Waals surface area contributed by atoms with Crippen LogP contribution in [0.1, 0.15) is 0 Å². The smallest absolute Gasteiger partial charge is 0.423 e. The molecule has 0 unspecified atom stereocenters. The molecule has 0 aliphatic rings. The van der Waals surface area contributed by atoms with E-state index < -0.39 is 7.12 Å². The Morgan fingerprint density at radius 3 is 1.33 bits per heavy atom. The van der Waals surface area contributed by atoms with Crippen LogP contribution < -0.4 is 5.46 Å². The summed E-state index contributed by atoms with van der Waals surface area (Å²) in [6, 6.07) is 61.3. The summed E-state index contributed by atoms with van der Waals surface area (Å²) in [5.41, 5.74) is 7.91. The lowest BCUT2D eigenvalue weighted by atomic mass is 9.81. The third kappa shape index (κ3) is 12.4. The van der Waals surface area contributed by atoms with E-state index in [9.17, 15) is 0 Å². The molecular weight excluding hydrogens is 1000 g/mol. The molecule has 0 spiro atoms. The van der Waals surface area contributed by atoms with Crippen LogP contribution in [0.2, 0.25) is 10.0 Å². The molecule has 8 aromatic carbocycles. The van der Waals surface area contributed by atoms with Crippen molar-refractivity contribution >= 4 is 118 Å². The van der Waals surface area contributed by atoms with Gasteiger partial charge in [-0.2, -0.15) is 0 Å². The molecule has 0 saturated heterocycles. The van der Waals surface area contributed by atoms with Crippen LogP contribution >= 0.6 is 84.3 Å². The van der Waals surface area contributed by atoms with Crippen LogP contribution in [0.4, 0.5) is 0 Å². The van der Waals surface area contributed by atoms with Crippen LogP contribution in [0.5, 0.6) is 0 Å². The van der Waals surface area contributed by atoms with Gasteiger partial charge in [0.25, 0.3) is 0 Å². The van der Waals surface area contributed by atoms with Crippen molar-refractivity contribution in [2.45, 2.75) is 0 Å². The summed E-state index contributed by atoms with van der Waals surface area (Å²) in [6.45, 7) is 0. The standard InChI is InChI=1S/C22H15Cl.C16H11Br.C6H6BClO2.2CH3I/c23-20-12-9-16(10-13-20)18-11-14-22-19(15-18)7-4-8-21(22)17-5-2-1-3-6-17;17-14-9-10-16-13(11-14)7-4-8-15(16)12-5-2-1-3-6-12;8-6-3-1-5(2-4-6)7(9)10;2*1-2/h1-15H;1-11H;1-4,9-10H;2*1H3. The average molecular weight is 1040 g/mol. The molecule has 2 nitrogen and oxygen atoms in total. The molecule has 0 heterocycles. The van der Waals surface area contributed by atoms with Gasteiger partial charge >= 0.3 is 7.12 Å². The molecule has 0 atom stereocenters. The lowest BCUT2D eigenvalue weighted by Crippen LogP contribution is -2.29. The number of rotatable bonds is 4. The van der Waals surface area contributed by atoms with Gasteiger partial charge in [0, 0.05) is 14.5 Å². The summed E-state index contributed by atoms with van der Waals surface area (Å²) in [5, 5.41) is 23.7. The highest BCUT2D eigenvalue weighted by Gasteiger charge is 2.09. The van der Waals surface area contributed by atoms with Crippen molar-refractivity contribution in [3.05, 3.63) is 197 Å². The summed E-state index contributed by atoms with van der Waals surface area (Å²) >= 11 is 19.3. The zero-order chi connectivity index (χ0) is 38.9. The van der Waals surface area contributed by atoms with Gasteiger partial charge < -0.3 is 10.0 Å². The van der Waals surface area contributed by atoms with E-state index >= 15 is 0 Å². The minimum absolute atomic E-state index is 0.449. The van der Waals surface area contributed by atoms with Gasteiger partial charge in [-0.1, -0.05) is 224 Å². The molecule has 0 bridgehead atoms. The molecule has 0 aliphatic carbocycles. The molecule has 0 aliphatic heterocycles. The molecule has 54 heavy (non-hydrogen) atoms. The molecular formula is C46H38BBrCl2I2O2. The Kier molecular flexibility index (Phi) is 18.5. The predicted octanol–water partition coefficient (Wildman–Crippen LogP) is 14.2. The molecule has 0 amide bonds. The van der Waals surface area contributed by atoms with Crippen LogP contribution in [0.15, 0.2) is 186 Å². The van der Waals surface area contributed by atoms with Crippen molar-refractivity contribution in [1.29, 1.82) is 0 Å². The Bertz CT molecular complexity index is 2330. The van der Waals surface area contributed by atoms with Crippen LogP contribution in [0.3, 0.4) is 0 Å². The van der Waals surface area contributed by atoms with E-state index in [0.717, 1.165) is 9.50 Å². The highest BCUT2D eigenvalue weighted by molar-refractivity contribution is 14.1. The minimum atomic E-state index is -1.41. The first-order valence-electron chi connectivity index (χ1n) is 16.8. The number of hydrogen-bond acceptors (Lipinski definition) is 2. The summed E-state index contributed by atoms with van der Waals surface area (Å²) in [6.07, 6.45) is 0. The second-order valence-electron chi connectivity index (χ2n) is 11.6. The second kappa shape index (κ2) is 23.0. The molecule has 8 rings (SSSR count). The fourth-order valence-corrected chi connectivity index (χ4v) is 6.36. The van der Waals surface area contributed by atoms with Crippen molar-refractivity contribution in [2.75, 3.05) is 9.86 Å². The molecule has 2 N–H and O–H groups in total. The van der Waals surface area contributed by atoms with Gasteiger partial charge in [-0.15, -0.1) is 0 Å². The van der Waals surface area contributed by atoms with Gasteiger partial charge in [-0.05, 0) is 113 Å². The maximum absolute atomic E-state index is 8.63. The van der Waals surface area contributed by atoms with Crippen LogP contribution in [0, 0.1) is 0 Å². The van der Waals surface area contributed by atoms with E-state index in [1.165, 1.54) is 54.9 Å². The molecule has 0 radical (unpaired) electrons. The quantitative estimate of drug-likeness (QED) is 0.105. The van der Waals surface area contributed by atoms with Crippen molar-refractivity contribution in [2.24, 2.45) is 0 Å². The monoisotopic (exact) mass is 1040 g/mol. The van der Waals surface area contributed by atoms with Crippen LogP contribution in [0.25, 0.3) is 54.9 Å². The van der Waals surface area contributed by atoms with Crippen molar-refractivity contribution in [3.8, 4) is 33.4 Å². The Labute approximate surface area is 364 Å². The van der Waals surface area contributed by atoms with Gasteiger partial charge in [-0.25, -0.2) is 0 Å². The Balaban J connectivity index is 0.000000184. The molecule has 8 aromatic rings. The fourth-order valence-electron chi connectivity index (χ4n) is 5.73. The van der Waals surface area contributed by atoms with Gasteiger partial charge in [0.15, 0.2) is 0 Å². The van der Waals surface area contributed by atoms with Crippen LogP contribution in [-0.2, 0) is 0 Å². The minimum Gasteiger partial charge on any atom is -0.423 e. The predicted molar refractivity (Wildman–Crippen MR) is 258 cm³/mol. The summed E-state index contributed by atoms with van der Waals surface area (Å²) in [5.74, 6) is 0. The molecule has 8 heteroatoms. The highest BCUT2D eigenvalue weighted by Crippen LogP contribution is 2.32. The van der Waals surface area contributed by atoms with E-state index in [-0.39, 0.29) is 0 Å². The summed E-state index contributed by atoms with van der Waals surface area (Å²) in [4.78, 5) is 3.94. The lowest BCUT2D eigenvalue weighted by molar-refractivity contribution is 0.426. The number of halogens is 5. The van der Waals surface area contributed by atoms with Crippen molar-refractivity contribution < 1.29 is 10.0 Å². The van der Waals surface area contributed by atoms with E-state index in [2.05, 4.69) is 195 Å². The number of fused-ring (bicyclic) bond motifs is 2. The van der Waals surface area contributed by atoms with Gasteiger partial charge in [0.05, 0.1) is 0 Å². The number of benzene rings is 8. The maximum Gasteiger partial charge on any atom is 0.488 e. The largest absolute Gasteiger partial charge is 0.488 e. The van der Waals surface area contributed by atoms with E-state index in [0.29, 0.717) is 10.5 Å². The van der Waals surface area contributed by atoms with Gasteiger partial charge in [0.2, 0.25) is 0 Å². The summed E-state index contributed by atoms with van der Waals surface area (Å²) in [7, 11) is -1.41. The number of hydrogen-bond donors (Lipinski definition) is 2. The Morgan fingerprint density at radius 2 is 0.852 bits per heavy atom. The van der Waals surface area contributed by atoms with E-state index in [4.69, 9.17) is 33.2 Å². The summed E-state index contributed by atoms with van der Waals surface area (Å²) < 4.78 is 1.12. The fraction of sp³-hybridized carbons (Fsp3) is 0.0435. The third-order valence-corrected chi connectivity index (χ3v) is 9.24. The number of alkyl halides is 2. The highest BCUT2D eigenvalue weighted by atomic mass is 127. The lowest BCUT2D eigenvalue weighted by Gasteiger charge is -2.09. The van der Waals surface area contributed by atoms with Crippen molar-refractivity contribution in [3.63, 3.8) is 0 Å². The van der Waals surface area contributed by atoms with Gasteiger partial charge in [0.1, 0.15) is 0 Å². The first-order valence-corrected chi connectivity index (χ1v) is 22.7. The Morgan fingerprint density at radius 1 is 0.426 bits per heavy atom. The average Bonchev–Trinajstić information content (AvgIpc) is 3.23. The zero-order valence-electron chi connectivity index (χ0n) is 29.7. The molecule has 272 valence electrons. The third-order valence-electron chi connectivity index (χ3n) is 8.24. The van der Waals surface area contributed by atoms with Crippen LogP contribution in [-0.4, -0.2) is 27.0 Å². The second-order valence-corrected chi connectivity index (χ2v) is 13.4. The van der Waals surface area contributed by atoms with Crippen molar-refractivity contribution in [1.82, 2.24) is 0 Å². The zero-order valence-corrected chi connectivity index (χ0v) is 37.1. The van der Waals surface area contributed by atoms with E-state index in [1.54, 1.807) is 24.3 Å². The first kappa shape index (κ1) is 43.5. The van der Waals surface area contributed by atoms with E-state index in [1.807, 2.05) is 34.1 Å². The molecule has 0 aromatic heterocycles. The Hall–Kier alpha value is -3.22. The maximum atomic E-state index is 8.63. The normalized spacial score (nSPS) is 9.94. The SMILES string of the molecule is Brc1ccc2c(-c3ccccc3)cccc2c1.CI.CI.Clc1ccc(-c2ccc3c(-c4ccccc4)cccc3c2)cc1.OB(O)c1ccc(Cl)cc1. The van der Waals surface area contributed by atoms with Gasteiger partial charge in [-0.3, -0.25) is 0 Å². The molecule has 0 saturated carbocycles. The topological polar surface area (TPSA) is 40.5 Å². The molecule has 0 fully saturated rings.